The van der Waals surface area contributed by atoms with Crippen molar-refractivity contribution in [1.29, 1.82) is 0 Å². The Hall–Kier alpha value is -0.610. The molecule has 10 heavy (non-hydrogen) atoms. The molecule has 0 aliphatic carbocycles. The average molecular weight is 146 g/mol. The van der Waals surface area contributed by atoms with Crippen molar-refractivity contribution in [3.63, 3.8) is 0 Å². The van der Waals surface area contributed by atoms with Gasteiger partial charge in [0.15, 0.2) is 0 Å². The molecule has 5 N–H and O–H groups in total. The summed E-state index contributed by atoms with van der Waals surface area (Å²) < 4.78 is 0. The number of carbonyl (C=O) groups is 1. The van der Waals surface area contributed by atoms with Crippen molar-refractivity contribution in [2.75, 3.05) is 6.54 Å². The molecule has 2 atom stereocenters. The highest BCUT2D eigenvalue weighted by molar-refractivity contribution is 5.72. The van der Waals surface area contributed by atoms with Gasteiger partial charge in [0.2, 0.25) is 0 Å². The van der Waals surface area contributed by atoms with Crippen LogP contribution >= 0.6 is 0 Å². The second kappa shape index (κ2) is 4.24. The van der Waals surface area contributed by atoms with Crippen LogP contribution in [0.2, 0.25) is 0 Å². The van der Waals surface area contributed by atoms with Crippen molar-refractivity contribution in [2.24, 2.45) is 17.4 Å². The molecule has 0 saturated heterocycles. The fraction of sp³-hybridized carbons (Fsp3) is 0.833. The van der Waals surface area contributed by atoms with Gasteiger partial charge >= 0.3 is 5.97 Å². The number of hydrogen-bond donors (Lipinski definition) is 3. The van der Waals surface area contributed by atoms with E-state index in [1.807, 2.05) is 6.92 Å². The average Bonchev–Trinajstić information content (AvgIpc) is 1.87. The van der Waals surface area contributed by atoms with Crippen LogP contribution in [0.5, 0.6) is 0 Å². The third-order valence-corrected chi connectivity index (χ3v) is 1.38. The number of aliphatic carboxylic acids is 1. The number of nitrogens with two attached hydrogens (primary N) is 2. The molecule has 0 fully saturated rings. The van der Waals surface area contributed by atoms with Crippen molar-refractivity contribution < 1.29 is 9.90 Å². The third-order valence-electron chi connectivity index (χ3n) is 1.38. The van der Waals surface area contributed by atoms with Gasteiger partial charge in [0.1, 0.15) is 6.04 Å². The molecule has 0 spiro atoms. The topological polar surface area (TPSA) is 89.3 Å². The van der Waals surface area contributed by atoms with Crippen LogP contribution in [0.1, 0.15) is 13.3 Å². The van der Waals surface area contributed by atoms with Crippen LogP contribution in [-0.4, -0.2) is 23.7 Å². The van der Waals surface area contributed by atoms with E-state index < -0.39 is 12.0 Å². The number of hydrogen-bond acceptors (Lipinski definition) is 3. The first kappa shape index (κ1) is 9.39. The maximum Gasteiger partial charge on any atom is 0.320 e. The summed E-state index contributed by atoms with van der Waals surface area (Å²) in [7, 11) is 0. The first-order valence-electron chi connectivity index (χ1n) is 3.26. The Morgan fingerprint density at radius 1 is 1.70 bits per heavy atom. The van der Waals surface area contributed by atoms with Crippen LogP contribution < -0.4 is 11.5 Å². The largest absolute Gasteiger partial charge is 0.480 e. The van der Waals surface area contributed by atoms with Crippen molar-refractivity contribution in [3.8, 4) is 0 Å². The summed E-state index contributed by atoms with van der Waals surface area (Å²) >= 11 is 0. The van der Waals surface area contributed by atoms with E-state index in [9.17, 15) is 4.79 Å². The molecule has 0 aromatic carbocycles. The summed E-state index contributed by atoms with van der Waals surface area (Å²) in [6.45, 7) is 2.36. The second-order valence-corrected chi connectivity index (χ2v) is 2.52. The van der Waals surface area contributed by atoms with Gasteiger partial charge in [-0.2, -0.15) is 0 Å². The van der Waals surface area contributed by atoms with Gasteiger partial charge in [-0.3, -0.25) is 4.79 Å². The number of rotatable bonds is 4. The fourth-order valence-corrected chi connectivity index (χ4v) is 0.631. The van der Waals surface area contributed by atoms with E-state index >= 15 is 0 Å². The van der Waals surface area contributed by atoms with E-state index in [2.05, 4.69) is 0 Å². The van der Waals surface area contributed by atoms with Gasteiger partial charge in [0.25, 0.3) is 0 Å². The second-order valence-electron chi connectivity index (χ2n) is 2.52. The van der Waals surface area contributed by atoms with Gasteiger partial charge in [-0.15, -0.1) is 0 Å². The highest BCUT2D eigenvalue weighted by atomic mass is 16.4. The molecule has 4 heteroatoms. The molecule has 0 aromatic rings. The molecule has 0 aromatic heterocycles. The summed E-state index contributed by atoms with van der Waals surface area (Å²) in [5, 5.41) is 8.36. The molecule has 0 heterocycles. The molecule has 0 aliphatic heterocycles. The first-order valence-corrected chi connectivity index (χ1v) is 3.26. The molecule has 0 radical (unpaired) electrons. The predicted octanol–water partition coefficient (Wildman–Crippen LogP) is -0.617. The minimum atomic E-state index is -0.958. The molecule has 0 rings (SSSR count). The molecular formula is C6H14N2O2. The zero-order valence-electron chi connectivity index (χ0n) is 6.08. The SMILES string of the molecule is CC(CN)CC(N)C(=O)O. The van der Waals surface area contributed by atoms with E-state index in [-0.39, 0.29) is 5.92 Å². The Bertz CT molecular complexity index is 116. The van der Waals surface area contributed by atoms with Crippen LogP contribution in [-0.2, 0) is 4.79 Å². The van der Waals surface area contributed by atoms with Crippen LogP contribution in [0.25, 0.3) is 0 Å². The highest BCUT2D eigenvalue weighted by Crippen LogP contribution is 2.01. The lowest BCUT2D eigenvalue weighted by Gasteiger charge is -2.10. The predicted molar refractivity (Wildman–Crippen MR) is 38.4 cm³/mol. The summed E-state index contributed by atoms with van der Waals surface area (Å²) in [5.74, 6) is -0.772. The first-order chi connectivity index (χ1) is 4.57. The number of carboxylic acids is 1. The Balaban J connectivity index is 3.56. The molecule has 60 valence electrons. The van der Waals surface area contributed by atoms with E-state index in [4.69, 9.17) is 16.6 Å². The van der Waals surface area contributed by atoms with Crippen LogP contribution in [0.4, 0.5) is 0 Å². The minimum Gasteiger partial charge on any atom is -0.480 e. The van der Waals surface area contributed by atoms with Crippen molar-refractivity contribution in [1.82, 2.24) is 0 Å². The lowest BCUT2D eigenvalue weighted by atomic mass is 10.0. The van der Waals surface area contributed by atoms with Gasteiger partial charge in [-0.1, -0.05) is 6.92 Å². The minimum absolute atomic E-state index is 0.186. The Morgan fingerprint density at radius 3 is 2.50 bits per heavy atom. The standard InChI is InChI=1S/C6H14N2O2/c1-4(3-7)2-5(8)6(9)10/h4-5H,2-3,7-8H2,1H3,(H,9,10). The Morgan fingerprint density at radius 2 is 2.20 bits per heavy atom. The monoisotopic (exact) mass is 146 g/mol. The van der Waals surface area contributed by atoms with Crippen molar-refractivity contribution in [2.45, 2.75) is 19.4 Å². The van der Waals surface area contributed by atoms with Gasteiger partial charge in [-0.25, -0.2) is 0 Å². The normalized spacial score (nSPS) is 16.3. The summed E-state index contributed by atoms with van der Waals surface area (Å²) in [4.78, 5) is 10.2. The van der Waals surface area contributed by atoms with E-state index in [0.717, 1.165) is 0 Å². The lowest BCUT2D eigenvalue weighted by molar-refractivity contribution is -0.138. The molecule has 0 bridgehead atoms. The van der Waals surface area contributed by atoms with Gasteiger partial charge in [0, 0.05) is 0 Å². The maximum absolute atomic E-state index is 10.2. The van der Waals surface area contributed by atoms with Crippen molar-refractivity contribution in [3.05, 3.63) is 0 Å². The quantitative estimate of drug-likeness (QED) is 0.493. The highest BCUT2D eigenvalue weighted by Gasteiger charge is 2.13. The smallest absolute Gasteiger partial charge is 0.320 e. The number of carboxylic acid groups (broad SMARTS) is 1. The molecular weight excluding hydrogens is 132 g/mol. The third kappa shape index (κ3) is 3.42. The molecule has 2 unspecified atom stereocenters. The van der Waals surface area contributed by atoms with Crippen LogP contribution in [0, 0.1) is 5.92 Å². The fourth-order valence-electron chi connectivity index (χ4n) is 0.631. The molecule has 0 aliphatic rings. The summed E-state index contributed by atoms with van der Waals surface area (Å²) in [6, 6.07) is -0.765. The zero-order valence-corrected chi connectivity index (χ0v) is 6.08. The van der Waals surface area contributed by atoms with Gasteiger partial charge in [0.05, 0.1) is 0 Å². The molecule has 0 amide bonds. The lowest BCUT2D eigenvalue weighted by Crippen LogP contribution is -2.33. The van der Waals surface area contributed by atoms with E-state index in [1.165, 1.54) is 0 Å². The van der Waals surface area contributed by atoms with E-state index in [0.29, 0.717) is 13.0 Å². The van der Waals surface area contributed by atoms with E-state index in [1.54, 1.807) is 0 Å². The van der Waals surface area contributed by atoms with Gasteiger partial charge < -0.3 is 16.6 Å². The molecule has 0 saturated carbocycles. The van der Waals surface area contributed by atoms with Gasteiger partial charge in [-0.05, 0) is 18.9 Å². The van der Waals surface area contributed by atoms with Crippen LogP contribution in [0.3, 0.4) is 0 Å². The maximum atomic E-state index is 10.2. The summed E-state index contributed by atoms with van der Waals surface area (Å²) in [6.07, 6.45) is 0.450. The Labute approximate surface area is 60.2 Å². The van der Waals surface area contributed by atoms with Crippen molar-refractivity contribution >= 4 is 5.97 Å². The summed E-state index contributed by atoms with van der Waals surface area (Å²) in [5.41, 5.74) is 10.5. The van der Waals surface area contributed by atoms with Crippen LogP contribution in [0.15, 0.2) is 0 Å². The Kier molecular flexibility index (Phi) is 3.99. The zero-order chi connectivity index (χ0) is 8.15. The molecule has 4 nitrogen and oxygen atoms in total.